The topological polar surface area (TPSA) is 59.6 Å². The van der Waals surface area contributed by atoms with Gasteiger partial charge >= 0.3 is 0 Å². The molecule has 1 heterocycles. The van der Waals surface area contributed by atoms with E-state index in [9.17, 15) is 4.79 Å². The predicted molar refractivity (Wildman–Crippen MR) is 96.8 cm³/mol. The molecule has 3 aliphatic rings. The number of methoxy groups -OCH3 is 1. The number of anilines is 1. The summed E-state index contributed by atoms with van der Waals surface area (Å²) in [5, 5.41) is 6.72. The Labute approximate surface area is 149 Å². The summed E-state index contributed by atoms with van der Waals surface area (Å²) in [6.07, 6.45) is 5.98. The second-order valence-electron chi connectivity index (χ2n) is 7.86. The molecule has 1 aliphatic heterocycles. The van der Waals surface area contributed by atoms with Gasteiger partial charge < -0.3 is 20.1 Å². The van der Waals surface area contributed by atoms with Gasteiger partial charge in [-0.2, -0.15) is 0 Å². The molecule has 2 saturated carbocycles. The Morgan fingerprint density at radius 3 is 2.76 bits per heavy atom. The number of fused-ring (bicyclic) bond motifs is 2. The van der Waals surface area contributed by atoms with E-state index in [1.807, 2.05) is 24.3 Å². The van der Waals surface area contributed by atoms with Crippen molar-refractivity contribution in [1.29, 1.82) is 0 Å². The molecule has 5 heteroatoms. The fourth-order valence-corrected chi connectivity index (χ4v) is 5.02. The first-order valence-electron chi connectivity index (χ1n) is 9.44. The van der Waals surface area contributed by atoms with Crippen LogP contribution in [0.25, 0.3) is 0 Å². The molecule has 0 radical (unpaired) electrons. The zero-order valence-electron chi connectivity index (χ0n) is 15.1. The third kappa shape index (κ3) is 2.93. The Balaban J connectivity index is 1.29. The summed E-state index contributed by atoms with van der Waals surface area (Å²) in [6.45, 7) is 3.02. The van der Waals surface area contributed by atoms with Gasteiger partial charge in [-0.1, -0.05) is 6.42 Å². The highest BCUT2D eigenvalue weighted by atomic mass is 16.5. The minimum absolute atomic E-state index is 0.0476. The number of nitrogens with one attached hydrogen (secondary N) is 2. The molecule has 4 atom stereocenters. The molecule has 2 aliphatic carbocycles. The van der Waals surface area contributed by atoms with Crippen LogP contribution in [0.5, 0.6) is 5.75 Å². The molecular weight excluding hydrogens is 316 g/mol. The molecule has 0 unspecified atom stereocenters. The van der Waals surface area contributed by atoms with Crippen molar-refractivity contribution in [2.45, 2.75) is 57.2 Å². The van der Waals surface area contributed by atoms with E-state index in [0.29, 0.717) is 29.9 Å². The van der Waals surface area contributed by atoms with Crippen LogP contribution in [0.1, 0.15) is 39.0 Å². The Kier molecular flexibility index (Phi) is 4.46. The van der Waals surface area contributed by atoms with E-state index in [1.54, 1.807) is 7.11 Å². The highest BCUT2D eigenvalue weighted by Gasteiger charge is 2.66. The average molecular weight is 344 g/mol. The van der Waals surface area contributed by atoms with Gasteiger partial charge in [0.2, 0.25) is 5.91 Å². The first-order valence-corrected chi connectivity index (χ1v) is 9.44. The fraction of sp³-hybridized carbons (Fsp3) is 0.650. The van der Waals surface area contributed by atoms with Crippen LogP contribution < -0.4 is 15.4 Å². The van der Waals surface area contributed by atoms with Gasteiger partial charge in [-0.05, 0) is 50.5 Å². The molecule has 1 aromatic carbocycles. The van der Waals surface area contributed by atoms with E-state index in [4.69, 9.17) is 9.47 Å². The van der Waals surface area contributed by atoms with Crippen molar-refractivity contribution in [3.05, 3.63) is 24.3 Å². The number of carbonyl (C=O) groups excluding carboxylic acids is 1. The monoisotopic (exact) mass is 344 g/mol. The summed E-state index contributed by atoms with van der Waals surface area (Å²) in [6, 6.07) is 8.13. The maximum atomic E-state index is 12.3. The van der Waals surface area contributed by atoms with Gasteiger partial charge in [0.25, 0.3) is 0 Å². The Morgan fingerprint density at radius 2 is 2.12 bits per heavy atom. The fourth-order valence-electron chi connectivity index (χ4n) is 5.02. The lowest BCUT2D eigenvalue weighted by molar-refractivity contribution is -0.178. The van der Waals surface area contributed by atoms with Crippen LogP contribution in [0.2, 0.25) is 0 Å². The van der Waals surface area contributed by atoms with Crippen LogP contribution >= 0.6 is 0 Å². The van der Waals surface area contributed by atoms with Crippen molar-refractivity contribution in [3.8, 4) is 5.75 Å². The molecule has 0 aromatic heterocycles. The second-order valence-corrected chi connectivity index (χ2v) is 7.86. The lowest BCUT2D eigenvalue weighted by Gasteiger charge is -2.64. The number of amides is 1. The van der Waals surface area contributed by atoms with E-state index in [2.05, 4.69) is 17.6 Å². The Hall–Kier alpha value is -1.59. The number of benzene rings is 1. The zero-order valence-corrected chi connectivity index (χ0v) is 15.1. The van der Waals surface area contributed by atoms with Crippen molar-refractivity contribution in [3.63, 3.8) is 0 Å². The molecule has 1 aromatic rings. The number of hydrogen-bond donors (Lipinski definition) is 2. The van der Waals surface area contributed by atoms with E-state index in [0.717, 1.165) is 24.5 Å². The first-order chi connectivity index (χ1) is 12.1. The molecule has 4 rings (SSSR count). The molecule has 3 fully saturated rings. The molecule has 5 nitrogen and oxygen atoms in total. The van der Waals surface area contributed by atoms with Gasteiger partial charge in [0.05, 0.1) is 13.2 Å². The Bertz CT molecular complexity index is 626. The summed E-state index contributed by atoms with van der Waals surface area (Å²) >= 11 is 0. The second kappa shape index (κ2) is 6.61. The van der Waals surface area contributed by atoms with Crippen LogP contribution in [-0.4, -0.2) is 37.8 Å². The van der Waals surface area contributed by atoms with Gasteiger partial charge in [0.15, 0.2) is 0 Å². The summed E-state index contributed by atoms with van der Waals surface area (Å²) in [5.41, 5.74) is 1.17. The predicted octanol–water partition coefficient (Wildman–Crippen LogP) is 2.96. The number of carbonyl (C=O) groups is 1. The largest absolute Gasteiger partial charge is 0.497 e. The molecule has 25 heavy (non-hydrogen) atoms. The van der Waals surface area contributed by atoms with Crippen LogP contribution in [0.15, 0.2) is 24.3 Å². The van der Waals surface area contributed by atoms with Gasteiger partial charge in [0.1, 0.15) is 5.75 Å². The van der Waals surface area contributed by atoms with Crippen LogP contribution in [-0.2, 0) is 9.53 Å². The van der Waals surface area contributed by atoms with Crippen molar-refractivity contribution in [1.82, 2.24) is 5.32 Å². The minimum atomic E-state index is 0.0476. The number of rotatable bonds is 6. The molecule has 2 N–H and O–H groups in total. The first kappa shape index (κ1) is 16.9. The van der Waals surface area contributed by atoms with Gasteiger partial charge in [0, 0.05) is 42.1 Å². The smallest absolute Gasteiger partial charge is 0.225 e. The highest BCUT2D eigenvalue weighted by molar-refractivity contribution is 5.91. The summed E-state index contributed by atoms with van der Waals surface area (Å²) in [5.74, 6) is 1.48. The van der Waals surface area contributed by atoms with Gasteiger partial charge in [-0.15, -0.1) is 0 Å². The average Bonchev–Trinajstić information content (AvgIpc) is 2.97. The van der Waals surface area contributed by atoms with Crippen LogP contribution in [0.3, 0.4) is 0 Å². The SMILES string of the molecule is COc1ccc(NC(=O)C[C@H](C)N[C@@H]2[C@@H]3CCO[C@@H]3C23CCC3)cc1. The maximum Gasteiger partial charge on any atom is 0.225 e. The maximum absolute atomic E-state index is 12.3. The standard InChI is InChI=1S/C20H28N2O3/c1-13(12-17(23)22-14-4-6-15(24-2)7-5-14)21-18-16-8-11-25-19(16)20(18)9-3-10-20/h4-7,13,16,18-19,21H,3,8-12H2,1-2H3,(H,22,23)/t13-,16-,18+,19-/m0/s1. The molecule has 1 amide bonds. The van der Waals surface area contributed by atoms with Crippen molar-refractivity contribution >= 4 is 11.6 Å². The van der Waals surface area contributed by atoms with Crippen molar-refractivity contribution < 1.29 is 14.3 Å². The lowest BCUT2D eigenvalue weighted by Crippen LogP contribution is -2.72. The van der Waals surface area contributed by atoms with E-state index >= 15 is 0 Å². The third-order valence-corrected chi connectivity index (χ3v) is 6.37. The normalized spacial score (nSPS) is 30.1. The summed E-state index contributed by atoms with van der Waals surface area (Å²) in [7, 11) is 1.64. The van der Waals surface area contributed by atoms with Crippen LogP contribution in [0.4, 0.5) is 5.69 Å². The van der Waals surface area contributed by atoms with Gasteiger partial charge in [-0.3, -0.25) is 4.79 Å². The van der Waals surface area contributed by atoms with E-state index in [-0.39, 0.29) is 11.9 Å². The molecule has 0 bridgehead atoms. The number of hydrogen-bond acceptors (Lipinski definition) is 4. The van der Waals surface area contributed by atoms with Gasteiger partial charge in [-0.25, -0.2) is 0 Å². The molecule has 1 saturated heterocycles. The van der Waals surface area contributed by atoms with E-state index in [1.165, 1.54) is 19.3 Å². The van der Waals surface area contributed by atoms with Crippen LogP contribution in [0, 0.1) is 11.3 Å². The molecular formula is C20H28N2O3. The van der Waals surface area contributed by atoms with E-state index < -0.39 is 0 Å². The Morgan fingerprint density at radius 1 is 1.36 bits per heavy atom. The third-order valence-electron chi connectivity index (χ3n) is 6.37. The highest BCUT2D eigenvalue weighted by Crippen LogP contribution is 2.62. The zero-order chi connectivity index (χ0) is 17.4. The lowest BCUT2D eigenvalue weighted by atomic mass is 9.46. The summed E-state index contributed by atoms with van der Waals surface area (Å²) < 4.78 is 11.1. The molecule has 136 valence electrons. The minimum Gasteiger partial charge on any atom is -0.497 e. The molecule has 1 spiro atoms. The van der Waals surface area contributed by atoms with Crippen molar-refractivity contribution in [2.75, 3.05) is 19.0 Å². The summed E-state index contributed by atoms with van der Waals surface area (Å²) in [4.78, 5) is 12.3. The quantitative estimate of drug-likeness (QED) is 0.833. The number of ether oxygens (including phenoxy) is 2. The van der Waals surface area contributed by atoms with Crippen molar-refractivity contribution in [2.24, 2.45) is 11.3 Å².